The first-order valence-electron chi connectivity index (χ1n) is 34.9. The molecule has 1 amide bonds. The van der Waals surface area contributed by atoms with Gasteiger partial charge in [-0.05, 0) is 19.3 Å². The summed E-state index contributed by atoms with van der Waals surface area (Å²) >= 11 is 0. The van der Waals surface area contributed by atoms with Crippen LogP contribution in [-0.2, 0) is 14.3 Å². The fourth-order valence-corrected chi connectivity index (χ4v) is 11.6. The molecule has 6 N–H and O–H groups in total. The smallest absolute Gasteiger partial charge is 0.220 e. The average molecular weight is 1110 g/mol. The van der Waals surface area contributed by atoms with Crippen molar-refractivity contribution in [3.63, 3.8) is 0 Å². The Balaban J connectivity index is 2.00. The number of rotatable bonds is 62. The Kier molecular flexibility index (Phi) is 56.8. The van der Waals surface area contributed by atoms with Crippen molar-refractivity contribution in [2.45, 2.75) is 410 Å². The maximum absolute atomic E-state index is 13.1. The summed E-state index contributed by atoms with van der Waals surface area (Å²) in [6, 6.07) is -0.801. The lowest BCUT2D eigenvalue weighted by atomic mass is 9.99. The van der Waals surface area contributed by atoms with Gasteiger partial charge in [-0.3, -0.25) is 4.79 Å². The van der Waals surface area contributed by atoms with E-state index in [0.29, 0.717) is 6.42 Å². The van der Waals surface area contributed by atoms with Gasteiger partial charge in [-0.15, -0.1) is 0 Å². The Morgan fingerprint density at radius 3 is 1.00 bits per heavy atom. The standard InChI is InChI=1S/C69H135NO8/c1-3-5-7-9-11-13-15-17-19-20-21-22-23-24-25-26-27-28-29-30-31-32-33-34-35-36-37-38-39-40-41-42-43-45-47-49-51-53-55-57-59-65(73)70-62(61-77-69-68(76)67(75)66(74)64(60-71)78-69)63(72)58-56-54-52-50-48-46-44-18-16-14-12-10-8-6-4-2/h56,58,62-64,66-69,71-72,74-76H,3-55,57,59-61H2,1-2H3,(H,70,73)/b58-56+. The molecule has 1 saturated heterocycles. The minimum atomic E-state index is -1.56. The Morgan fingerprint density at radius 2 is 0.705 bits per heavy atom. The Morgan fingerprint density at radius 1 is 0.423 bits per heavy atom. The van der Waals surface area contributed by atoms with Crippen LogP contribution in [0.2, 0.25) is 0 Å². The number of hydrogen-bond donors (Lipinski definition) is 6. The maximum atomic E-state index is 13.1. The van der Waals surface area contributed by atoms with Crippen molar-refractivity contribution in [1.82, 2.24) is 5.32 Å². The normalized spacial score (nSPS) is 18.6. The highest BCUT2D eigenvalue weighted by Crippen LogP contribution is 2.24. The van der Waals surface area contributed by atoms with Crippen LogP contribution in [0.4, 0.5) is 0 Å². The van der Waals surface area contributed by atoms with Crippen molar-refractivity contribution in [2.24, 2.45) is 0 Å². The summed E-state index contributed by atoms with van der Waals surface area (Å²) in [5.41, 5.74) is 0. The molecule has 1 aliphatic heterocycles. The number of ether oxygens (including phenoxy) is 2. The van der Waals surface area contributed by atoms with Crippen LogP contribution in [0.15, 0.2) is 12.2 Å². The molecule has 7 atom stereocenters. The zero-order valence-electron chi connectivity index (χ0n) is 52.0. The molecule has 78 heavy (non-hydrogen) atoms. The molecular weight excluding hydrogens is 971 g/mol. The monoisotopic (exact) mass is 1110 g/mol. The molecule has 0 spiro atoms. The first-order chi connectivity index (χ1) is 38.3. The number of carbonyl (C=O) groups is 1. The molecule has 1 fully saturated rings. The second-order valence-corrected chi connectivity index (χ2v) is 24.7. The van der Waals surface area contributed by atoms with E-state index in [1.54, 1.807) is 6.08 Å². The van der Waals surface area contributed by atoms with Gasteiger partial charge in [0.15, 0.2) is 6.29 Å². The van der Waals surface area contributed by atoms with Gasteiger partial charge in [0, 0.05) is 6.42 Å². The minimum Gasteiger partial charge on any atom is -0.394 e. The van der Waals surface area contributed by atoms with Gasteiger partial charge in [0.2, 0.25) is 5.91 Å². The van der Waals surface area contributed by atoms with Gasteiger partial charge in [-0.1, -0.05) is 353 Å². The van der Waals surface area contributed by atoms with E-state index in [9.17, 15) is 30.3 Å². The van der Waals surface area contributed by atoms with Crippen LogP contribution in [0.3, 0.4) is 0 Å². The Hall–Kier alpha value is -1.07. The van der Waals surface area contributed by atoms with E-state index in [-0.39, 0.29) is 12.5 Å². The average Bonchev–Trinajstić information content (AvgIpc) is 3.45. The highest BCUT2D eigenvalue weighted by molar-refractivity contribution is 5.76. The van der Waals surface area contributed by atoms with Crippen LogP contribution in [0.1, 0.15) is 367 Å². The van der Waals surface area contributed by atoms with Crippen LogP contribution in [0, 0.1) is 0 Å². The maximum Gasteiger partial charge on any atom is 0.220 e. The van der Waals surface area contributed by atoms with Crippen molar-refractivity contribution in [1.29, 1.82) is 0 Å². The van der Waals surface area contributed by atoms with Gasteiger partial charge in [0.1, 0.15) is 24.4 Å². The molecule has 464 valence electrons. The fraction of sp³-hybridized carbons (Fsp3) is 0.957. The summed E-state index contributed by atoms with van der Waals surface area (Å²) in [7, 11) is 0. The number of hydrogen-bond acceptors (Lipinski definition) is 8. The third-order valence-corrected chi connectivity index (χ3v) is 17.1. The van der Waals surface area contributed by atoms with E-state index in [1.165, 1.54) is 308 Å². The Labute approximate surface area is 484 Å². The van der Waals surface area contributed by atoms with Crippen molar-refractivity contribution in [3.8, 4) is 0 Å². The summed E-state index contributed by atoms with van der Waals surface area (Å²) in [5.74, 6) is -0.169. The predicted octanol–water partition coefficient (Wildman–Crippen LogP) is 18.7. The highest BCUT2D eigenvalue weighted by Gasteiger charge is 2.44. The molecule has 1 aliphatic rings. The number of aliphatic hydroxyl groups excluding tert-OH is 5. The van der Waals surface area contributed by atoms with Gasteiger partial charge in [0.25, 0.3) is 0 Å². The number of aliphatic hydroxyl groups is 5. The van der Waals surface area contributed by atoms with Gasteiger partial charge in [-0.2, -0.15) is 0 Å². The quantitative estimate of drug-likeness (QED) is 0.0261. The lowest BCUT2D eigenvalue weighted by Gasteiger charge is -2.40. The fourth-order valence-electron chi connectivity index (χ4n) is 11.6. The molecule has 9 nitrogen and oxygen atoms in total. The van der Waals surface area contributed by atoms with Crippen molar-refractivity contribution in [3.05, 3.63) is 12.2 Å². The highest BCUT2D eigenvalue weighted by atomic mass is 16.7. The van der Waals surface area contributed by atoms with E-state index in [4.69, 9.17) is 9.47 Å². The molecule has 1 rings (SSSR count). The zero-order valence-corrected chi connectivity index (χ0v) is 52.0. The predicted molar refractivity (Wildman–Crippen MR) is 332 cm³/mol. The van der Waals surface area contributed by atoms with Crippen LogP contribution in [0.25, 0.3) is 0 Å². The molecule has 0 aromatic rings. The van der Waals surface area contributed by atoms with E-state index in [1.807, 2.05) is 6.08 Å². The summed E-state index contributed by atoms with van der Waals surface area (Å²) in [4.78, 5) is 13.1. The third-order valence-electron chi connectivity index (χ3n) is 17.1. The van der Waals surface area contributed by atoms with Crippen molar-refractivity contribution >= 4 is 5.91 Å². The topological polar surface area (TPSA) is 149 Å². The van der Waals surface area contributed by atoms with E-state index in [2.05, 4.69) is 19.2 Å². The first-order valence-corrected chi connectivity index (χ1v) is 34.9. The van der Waals surface area contributed by atoms with Crippen LogP contribution >= 0.6 is 0 Å². The first kappa shape index (κ1) is 74.9. The molecule has 0 saturated carbocycles. The molecule has 9 heteroatoms. The van der Waals surface area contributed by atoms with Gasteiger partial charge in [-0.25, -0.2) is 0 Å². The van der Waals surface area contributed by atoms with E-state index < -0.39 is 49.5 Å². The van der Waals surface area contributed by atoms with Crippen molar-refractivity contribution < 1.29 is 39.8 Å². The number of nitrogens with one attached hydrogen (secondary N) is 1. The molecule has 1 heterocycles. The molecule has 0 bridgehead atoms. The lowest BCUT2D eigenvalue weighted by Crippen LogP contribution is -2.60. The Bertz CT molecular complexity index is 1240. The summed E-state index contributed by atoms with van der Waals surface area (Å²) in [5, 5.41) is 54.6. The summed E-state index contributed by atoms with van der Waals surface area (Å²) in [6.45, 7) is 3.83. The second-order valence-electron chi connectivity index (χ2n) is 24.7. The van der Waals surface area contributed by atoms with E-state index in [0.717, 1.165) is 38.5 Å². The van der Waals surface area contributed by atoms with E-state index >= 15 is 0 Å². The molecule has 0 aliphatic carbocycles. The molecule has 7 unspecified atom stereocenters. The molecule has 0 aromatic carbocycles. The number of carbonyl (C=O) groups excluding carboxylic acids is 1. The lowest BCUT2D eigenvalue weighted by molar-refractivity contribution is -0.302. The minimum absolute atomic E-state index is 0.169. The van der Waals surface area contributed by atoms with Crippen molar-refractivity contribution in [2.75, 3.05) is 13.2 Å². The zero-order chi connectivity index (χ0) is 56.5. The number of unbranched alkanes of at least 4 members (excludes halogenated alkanes) is 52. The van der Waals surface area contributed by atoms with Crippen LogP contribution in [-0.4, -0.2) is 87.5 Å². The van der Waals surface area contributed by atoms with Gasteiger partial charge < -0.3 is 40.3 Å². The number of allylic oxidation sites excluding steroid dienone is 1. The summed E-state index contributed by atoms with van der Waals surface area (Å²) < 4.78 is 11.3. The summed E-state index contributed by atoms with van der Waals surface area (Å²) in [6.07, 6.45) is 69.2. The molecule has 0 aromatic heterocycles. The largest absolute Gasteiger partial charge is 0.394 e. The van der Waals surface area contributed by atoms with Gasteiger partial charge in [0.05, 0.1) is 25.4 Å². The molecular formula is C69H135NO8. The molecule has 0 radical (unpaired) electrons. The van der Waals surface area contributed by atoms with Crippen LogP contribution < -0.4 is 5.32 Å². The SMILES string of the molecule is CCCCCCCCCCCCCCC/C=C/C(O)C(COC1OC(CO)C(O)C(O)C1O)NC(=O)CCCCCCCCCCCCCCCCCCCCCCCCCCCCCCCCCCCCCCCCCC. The van der Waals surface area contributed by atoms with Gasteiger partial charge >= 0.3 is 0 Å². The number of amides is 1. The third kappa shape index (κ3) is 47.4. The van der Waals surface area contributed by atoms with Crippen LogP contribution in [0.5, 0.6) is 0 Å². The second kappa shape index (κ2) is 59.1.